The van der Waals surface area contributed by atoms with Crippen molar-refractivity contribution < 1.29 is 4.39 Å². The van der Waals surface area contributed by atoms with E-state index in [1.54, 1.807) is 0 Å². The number of rotatable bonds is 1. The summed E-state index contributed by atoms with van der Waals surface area (Å²) in [4.78, 5) is 2.39. The van der Waals surface area contributed by atoms with Gasteiger partial charge in [0.25, 0.3) is 0 Å². The molecule has 1 N–H and O–H groups in total. The summed E-state index contributed by atoms with van der Waals surface area (Å²) in [5.74, 6) is 1.67. The van der Waals surface area contributed by atoms with Crippen molar-refractivity contribution in [1.82, 2.24) is 10.2 Å². The van der Waals surface area contributed by atoms with Crippen LogP contribution in [0.15, 0.2) is 11.8 Å². The Hall–Kier alpha value is -0.570. The number of hydrogen-bond acceptors (Lipinski definition) is 2. The van der Waals surface area contributed by atoms with E-state index in [0.29, 0.717) is 17.8 Å². The number of hydrogen-bond donors (Lipinski definition) is 1. The van der Waals surface area contributed by atoms with Crippen LogP contribution in [0.25, 0.3) is 0 Å². The third kappa shape index (κ3) is 1.99. The lowest BCUT2D eigenvalue weighted by atomic mass is 9.73. The summed E-state index contributed by atoms with van der Waals surface area (Å²) >= 11 is 0. The van der Waals surface area contributed by atoms with Crippen molar-refractivity contribution in [3.05, 3.63) is 11.8 Å². The van der Waals surface area contributed by atoms with E-state index >= 15 is 0 Å². The monoisotopic (exact) mass is 238 g/mol. The summed E-state index contributed by atoms with van der Waals surface area (Å²) < 4.78 is 14.0. The molecule has 2 fully saturated rings. The molecule has 1 aliphatic carbocycles. The van der Waals surface area contributed by atoms with Gasteiger partial charge in [0.2, 0.25) is 0 Å². The van der Waals surface area contributed by atoms with Crippen LogP contribution in [-0.4, -0.2) is 37.3 Å². The quantitative estimate of drug-likeness (QED) is 0.753. The van der Waals surface area contributed by atoms with Crippen LogP contribution in [-0.2, 0) is 0 Å². The number of nitrogens with zero attached hydrogens (tertiary/aromatic N) is 1. The first-order valence-electron chi connectivity index (χ1n) is 6.93. The Kier molecular flexibility index (Phi) is 2.89. The minimum atomic E-state index is -0.656. The summed E-state index contributed by atoms with van der Waals surface area (Å²) in [6.45, 7) is 4.54. The fourth-order valence-corrected chi connectivity index (χ4v) is 3.95. The first-order valence-corrected chi connectivity index (χ1v) is 6.93. The van der Waals surface area contributed by atoms with Crippen LogP contribution in [0.5, 0.6) is 0 Å². The zero-order chi connectivity index (χ0) is 12.0. The minimum Gasteiger partial charge on any atom is -0.385 e. The van der Waals surface area contributed by atoms with Crippen LogP contribution < -0.4 is 5.32 Å². The van der Waals surface area contributed by atoms with Crippen LogP contribution in [0.4, 0.5) is 4.39 Å². The normalized spacial score (nSPS) is 46.5. The van der Waals surface area contributed by atoms with Crippen LogP contribution in [0.3, 0.4) is 0 Å². The highest BCUT2D eigenvalue weighted by Gasteiger charge is 2.43. The van der Waals surface area contributed by atoms with Gasteiger partial charge in [0.15, 0.2) is 0 Å². The predicted octanol–water partition coefficient (Wildman–Crippen LogP) is 2.18. The number of nitrogens with one attached hydrogen (secondary N) is 1. The molecule has 0 radical (unpaired) electrons. The molecule has 3 rings (SSSR count). The molecule has 0 amide bonds. The topological polar surface area (TPSA) is 15.3 Å². The van der Waals surface area contributed by atoms with Crippen molar-refractivity contribution >= 4 is 0 Å². The average Bonchev–Trinajstić information content (AvgIpc) is 2.83. The minimum absolute atomic E-state index is 0.0760. The first-order chi connectivity index (χ1) is 8.15. The Morgan fingerprint density at radius 1 is 1.41 bits per heavy atom. The zero-order valence-corrected chi connectivity index (χ0v) is 10.8. The lowest BCUT2D eigenvalue weighted by Gasteiger charge is -2.35. The van der Waals surface area contributed by atoms with Crippen LogP contribution in [0, 0.1) is 17.8 Å². The Balaban J connectivity index is 1.74. The van der Waals surface area contributed by atoms with Gasteiger partial charge in [-0.3, -0.25) is 0 Å². The van der Waals surface area contributed by atoms with Crippen molar-refractivity contribution in [3.8, 4) is 0 Å². The largest absolute Gasteiger partial charge is 0.385 e. The van der Waals surface area contributed by atoms with Gasteiger partial charge in [-0.05, 0) is 56.5 Å². The van der Waals surface area contributed by atoms with E-state index in [2.05, 4.69) is 30.4 Å². The van der Waals surface area contributed by atoms with Gasteiger partial charge in [-0.15, -0.1) is 0 Å². The SMILES string of the molecule is CC1CC2C(C3CCN(C)C3)=CN[C@H]2[C@@H](F)C1. The number of likely N-dealkylation sites (tertiary alicyclic amines) is 1. The maximum atomic E-state index is 14.0. The second kappa shape index (κ2) is 4.27. The molecule has 1 saturated heterocycles. The molecule has 17 heavy (non-hydrogen) atoms. The molecule has 0 aromatic heterocycles. The molecule has 96 valence electrons. The molecule has 2 nitrogen and oxygen atoms in total. The van der Waals surface area contributed by atoms with Gasteiger partial charge in [-0.1, -0.05) is 6.92 Å². The van der Waals surface area contributed by atoms with E-state index in [4.69, 9.17) is 0 Å². The lowest BCUT2D eigenvalue weighted by Crippen LogP contribution is -2.43. The molecule has 2 heterocycles. The maximum absolute atomic E-state index is 14.0. The number of halogens is 1. The Morgan fingerprint density at radius 2 is 2.24 bits per heavy atom. The highest BCUT2D eigenvalue weighted by molar-refractivity contribution is 5.23. The van der Waals surface area contributed by atoms with Crippen molar-refractivity contribution in [3.63, 3.8) is 0 Å². The molecule has 0 aromatic carbocycles. The van der Waals surface area contributed by atoms with Crippen molar-refractivity contribution in [1.29, 1.82) is 0 Å². The van der Waals surface area contributed by atoms with Gasteiger partial charge in [0.1, 0.15) is 6.17 Å². The van der Waals surface area contributed by atoms with E-state index in [-0.39, 0.29) is 6.04 Å². The van der Waals surface area contributed by atoms with Gasteiger partial charge >= 0.3 is 0 Å². The third-order valence-corrected chi connectivity index (χ3v) is 4.84. The summed E-state index contributed by atoms with van der Waals surface area (Å²) in [6, 6.07) is 0.0760. The van der Waals surface area contributed by atoms with Crippen LogP contribution in [0.1, 0.15) is 26.2 Å². The highest BCUT2D eigenvalue weighted by Crippen LogP contribution is 2.42. The van der Waals surface area contributed by atoms with E-state index in [1.807, 2.05) is 0 Å². The van der Waals surface area contributed by atoms with Gasteiger partial charge < -0.3 is 10.2 Å². The smallest absolute Gasteiger partial charge is 0.121 e. The van der Waals surface area contributed by atoms with E-state index < -0.39 is 6.17 Å². The highest BCUT2D eigenvalue weighted by atomic mass is 19.1. The van der Waals surface area contributed by atoms with Crippen LogP contribution >= 0.6 is 0 Å². The average molecular weight is 238 g/mol. The molecular formula is C14H23FN2. The molecular weight excluding hydrogens is 215 g/mol. The molecule has 3 unspecified atom stereocenters. The molecule has 0 aromatic rings. The van der Waals surface area contributed by atoms with Gasteiger partial charge in [0.05, 0.1) is 6.04 Å². The standard InChI is InChI=1S/C14H23FN2/c1-9-5-11-12(10-3-4-17(2)8-10)7-16-14(11)13(15)6-9/h7,9-11,13-14,16H,3-6,8H2,1-2H3/t9?,10?,11?,13-,14+/m0/s1. The summed E-state index contributed by atoms with van der Waals surface area (Å²) in [7, 11) is 2.18. The molecule has 1 saturated carbocycles. The molecule has 5 atom stereocenters. The third-order valence-electron chi connectivity index (χ3n) is 4.84. The second-order valence-electron chi connectivity index (χ2n) is 6.28. The predicted molar refractivity (Wildman–Crippen MR) is 67.4 cm³/mol. The summed E-state index contributed by atoms with van der Waals surface area (Å²) in [6.07, 6.45) is 4.64. The summed E-state index contributed by atoms with van der Waals surface area (Å²) in [5.41, 5.74) is 1.51. The molecule has 3 heteroatoms. The van der Waals surface area contributed by atoms with E-state index in [0.717, 1.165) is 13.0 Å². The molecule has 0 spiro atoms. The van der Waals surface area contributed by atoms with Crippen molar-refractivity contribution in [2.75, 3.05) is 20.1 Å². The molecule has 0 bridgehead atoms. The van der Waals surface area contributed by atoms with Crippen LogP contribution in [0.2, 0.25) is 0 Å². The zero-order valence-electron chi connectivity index (χ0n) is 10.8. The molecule has 2 aliphatic heterocycles. The Labute approximate surface area is 103 Å². The fourth-order valence-electron chi connectivity index (χ4n) is 3.95. The maximum Gasteiger partial charge on any atom is 0.121 e. The van der Waals surface area contributed by atoms with E-state index in [9.17, 15) is 4.39 Å². The van der Waals surface area contributed by atoms with Gasteiger partial charge in [-0.2, -0.15) is 0 Å². The van der Waals surface area contributed by atoms with Gasteiger partial charge in [-0.25, -0.2) is 4.39 Å². The Bertz CT molecular complexity index is 328. The van der Waals surface area contributed by atoms with Gasteiger partial charge in [0, 0.05) is 12.5 Å². The Morgan fingerprint density at radius 3 is 2.94 bits per heavy atom. The number of alkyl halides is 1. The van der Waals surface area contributed by atoms with E-state index in [1.165, 1.54) is 25.0 Å². The molecule has 3 aliphatic rings. The number of fused-ring (bicyclic) bond motifs is 1. The fraction of sp³-hybridized carbons (Fsp3) is 0.857. The summed E-state index contributed by atoms with van der Waals surface area (Å²) in [5, 5.41) is 3.32. The lowest BCUT2D eigenvalue weighted by molar-refractivity contribution is 0.134. The van der Waals surface area contributed by atoms with Crippen molar-refractivity contribution in [2.45, 2.75) is 38.4 Å². The van der Waals surface area contributed by atoms with Crippen molar-refractivity contribution in [2.24, 2.45) is 17.8 Å². The first kappa shape index (κ1) is 11.5. The second-order valence-corrected chi connectivity index (χ2v) is 6.28.